The van der Waals surface area contributed by atoms with Crippen molar-refractivity contribution in [2.45, 2.75) is 0 Å². The van der Waals surface area contributed by atoms with Crippen LogP contribution >= 0.6 is 0 Å². The number of carbonyl (C=O) groups excluding carboxylic acids is 1. The van der Waals surface area contributed by atoms with Gasteiger partial charge in [0.15, 0.2) is 5.78 Å². The van der Waals surface area contributed by atoms with Crippen molar-refractivity contribution in [3.8, 4) is 0 Å². The number of hydrogen-bond acceptors (Lipinski definition) is 3. The summed E-state index contributed by atoms with van der Waals surface area (Å²) in [4.78, 5) is 11.2. The standard InChI is InChI=1S/C9H10FNO2/c1-13-5-9(12)7-4-6(11)2-3-8(7)10/h2-4H,5,11H2,1H3. The molecule has 0 atom stereocenters. The Morgan fingerprint density at radius 2 is 2.31 bits per heavy atom. The maximum atomic E-state index is 13.0. The zero-order chi connectivity index (χ0) is 9.84. The summed E-state index contributed by atoms with van der Waals surface area (Å²) in [7, 11) is 1.38. The molecule has 2 N–H and O–H groups in total. The van der Waals surface area contributed by atoms with Crippen molar-refractivity contribution in [3.63, 3.8) is 0 Å². The Balaban J connectivity index is 2.99. The third-order valence-corrected chi connectivity index (χ3v) is 1.57. The van der Waals surface area contributed by atoms with Crippen LogP contribution in [0.25, 0.3) is 0 Å². The highest BCUT2D eigenvalue weighted by molar-refractivity contribution is 5.98. The van der Waals surface area contributed by atoms with Crippen LogP contribution < -0.4 is 5.73 Å². The SMILES string of the molecule is COCC(=O)c1cc(N)ccc1F. The third-order valence-electron chi connectivity index (χ3n) is 1.57. The number of hydrogen-bond donors (Lipinski definition) is 1. The first kappa shape index (κ1) is 9.67. The van der Waals surface area contributed by atoms with Gasteiger partial charge in [0.2, 0.25) is 0 Å². The van der Waals surface area contributed by atoms with Crippen LogP contribution in [0.4, 0.5) is 10.1 Å². The summed E-state index contributed by atoms with van der Waals surface area (Å²) in [6.45, 7) is -0.139. The molecule has 0 heterocycles. The zero-order valence-corrected chi connectivity index (χ0v) is 7.21. The van der Waals surface area contributed by atoms with E-state index >= 15 is 0 Å². The minimum atomic E-state index is -0.573. The summed E-state index contributed by atoms with van der Waals surface area (Å²) in [6, 6.07) is 3.87. The number of rotatable bonds is 3. The smallest absolute Gasteiger partial charge is 0.191 e. The first-order valence-electron chi connectivity index (χ1n) is 3.72. The van der Waals surface area contributed by atoms with Gasteiger partial charge in [-0.1, -0.05) is 0 Å². The summed E-state index contributed by atoms with van der Waals surface area (Å²) in [5.41, 5.74) is 5.74. The lowest BCUT2D eigenvalue weighted by Crippen LogP contribution is -2.09. The average molecular weight is 183 g/mol. The molecule has 0 fully saturated rings. The number of Topliss-reactive ketones (excluding diaryl/α,β-unsaturated/α-hetero) is 1. The number of carbonyl (C=O) groups is 1. The Hall–Kier alpha value is -1.42. The van der Waals surface area contributed by atoms with E-state index in [2.05, 4.69) is 4.74 Å². The second-order valence-corrected chi connectivity index (χ2v) is 2.60. The van der Waals surface area contributed by atoms with Crippen LogP contribution in [0.5, 0.6) is 0 Å². The van der Waals surface area contributed by atoms with Gasteiger partial charge in [-0.15, -0.1) is 0 Å². The maximum Gasteiger partial charge on any atom is 0.191 e. The fourth-order valence-electron chi connectivity index (χ4n) is 0.965. The van der Waals surface area contributed by atoms with Gasteiger partial charge in [0.25, 0.3) is 0 Å². The Kier molecular flexibility index (Phi) is 2.97. The molecular formula is C9H10FNO2. The molecule has 0 saturated heterocycles. The predicted octanol–water partition coefficient (Wildman–Crippen LogP) is 1.24. The van der Waals surface area contributed by atoms with E-state index in [0.717, 1.165) is 6.07 Å². The lowest BCUT2D eigenvalue weighted by Gasteiger charge is -2.02. The molecule has 70 valence electrons. The van der Waals surface area contributed by atoms with E-state index < -0.39 is 11.6 Å². The first-order chi connectivity index (χ1) is 6.15. The molecule has 13 heavy (non-hydrogen) atoms. The van der Waals surface area contributed by atoms with Gasteiger partial charge in [-0.25, -0.2) is 4.39 Å². The van der Waals surface area contributed by atoms with Gasteiger partial charge in [-0.3, -0.25) is 4.79 Å². The number of anilines is 1. The first-order valence-corrected chi connectivity index (χ1v) is 3.72. The van der Waals surface area contributed by atoms with Gasteiger partial charge in [0.05, 0.1) is 5.56 Å². The molecule has 0 unspecified atom stereocenters. The highest BCUT2D eigenvalue weighted by atomic mass is 19.1. The van der Waals surface area contributed by atoms with E-state index in [4.69, 9.17) is 5.73 Å². The number of ketones is 1. The van der Waals surface area contributed by atoms with Crippen LogP contribution in [0, 0.1) is 5.82 Å². The zero-order valence-electron chi connectivity index (χ0n) is 7.21. The number of ether oxygens (including phenoxy) is 1. The number of benzene rings is 1. The van der Waals surface area contributed by atoms with Crippen molar-refractivity contribution in [3.05, 3.63) is 29.6 Å². The van der Waals surface area contributed by atoms with Gasteiger partial charge >= 0.3 is 0 Å². The highest BCUT2D eigenvalue weighted by Crippen LogP contribution is 2.12. The molecule has 0 aliphatic heterocycles. The van der Waals surface area contributed by atoms with Crippen LogP contribution in [-0.2, 0) is 4.74 Å². The van der Waals surface area contributed by atoms with E-state index in [1.54, 1.807) is 0 Å². The van der Waals surface area contributed by atoms with Crippen LogP contribution in [0.2, 0.25) is 0 Å². The predicted molar refractivity (Wildman–Crippen MR) is 47.0 cm³/mol. The average Bonchev–Trinajstić information content (AvgIpc) is 2.09. The van der Waals surface area contributed by atoms with Crippen LogP contribution in [-0.4, -0.2) is 19.5 Å². The summed E-state index contributed by atoms with van der Waals surface area (Å²) >= 11 is 0. The molecule has 0 bridgehead atoms. The van der Waals surface area contributed by atoms with Gasteiger partial charge in [0.1, 0.15) is 12.4 Å². The van der Waals surface area contributed by atoms with E-state index in [1.165, 1.54) is 19.2 Å². The number of nitrogen functional groups attached to an aromatic ring is 1. The number of halogens is 1. The molecule has 0 aromatic heterocycles. The maximum absolute atomic E-state index is 13.0. The third kappa shape index (κ3) is 2.26. The Morgan fingerprint density at radius 1 is 1.62 bits per heavy atom. The van der Waals surface area contributed by atoms with Crippen molar-refractivity contribution in [1.82, 2.24) is 0 Å². The van der Waals surface area contributed by atoms with E-state index in [1.807, 2.05) is 0 Å². The molecule has 0 radical (unpaired) electrons. The highest BCUT2D eigenvalue weighted by Gasteiger charge is 2.10. The summed E-state index contributed by atoms with van der Waals surface area (Å²) in [6.07, 6.45) is 0. The molecule has 4 heteroatoms. The van der Waals surface area contributed by atoms with E-state index in [9.17, 15) is 9.18 Å². The van der Waals surface area contributed by atoms with Gasteiger partial charge < -0.3 is 10.5 Å². The fraction of sp³-hybridized carbons (Fsp3) is 0.222. The molecule has 0 aliphatic carbocycles. The van der Waals surface area contributed by atoms with Crippen molar-refractivity contribution < 1.29 is 13.9 Å². The van der Waals surface area contributed by atoms with E-state index in [0.29, 0.717) is 5.69 Å². The van der Waals surface area contributed by atoms with Crippen molar-refractivity contribution in [2.75, 3.05) is 19.5 Å². The molecule has 0 saturated carbocycles. The van der Waals surface area contributed by atoms with Gasteiger partial charge in [0, 0.05) is 12.8 Å². The lowest BCUT2D eigenvalue weighted by atomic mass is 10.1. The molecule has 1 aromatic rings. The van der Waals surface area contributed by atoms with Crippen molar-refractivity contribution >= 4 is 11.5 Å². The minimum absolute atomic E-state index is 0.0261. The normalized spacial score (nSPS) is 10.0. The summed E-state index contributed by atoms with van der Waals surface area (Å²) in [5, 5.41) is 0. The second-order valence-electron chi connectivity index (χ2n) is 2.60. The Morgan fingerprint density at radius 3 is 2.92 bits per heavy atom. The molecule has 1 aromatic carbocycles. The molecule has 0 amide bonds. The number of nitrogens with two attached hydrogens (primary N) is 1. The fourth-order valence-corrected chi connectivity index (χ4v) is 0.965. The van der Waals surface area contributed by atoms with Gasteiger partial charge in [-0.2, -0.15) is 0 Å². The quantitative estimate of drug-likeness (QED) is 0.566. The van der Waals surface area contributed by atoms with E-state index in [-0.39, 0.29) is 12.2 Å². The van der Waals surface area contributed by atoms with Crippen LogP contribution in [0.15, 0.2) is 18.2 Å². The largest absolute Gasteiger partial charge is 0.399 e. The van der Waals surface area contributed by atoms with Gasteiger partial charge in [-0.05, 0) is 18.2 Å². The van der Waals surface area contributed by atoms with Crippen molar-refractivity contribution in [1.29, 1.82) is 0 Å². The molecule has 0 spiro atoms. The molecule has 1 rings (SSSR count). The Labute approximate surface area is 75.3 Å². The Bertz CT molecular complexity index is 325. The molecule has 3 nitrogen and oxygen atoms in total. The van der Waals surface area contributed by atoms with Crippen LogP contribution in [0.3, 0.4) is 0 Å². The second kappa shape index (κ2) is 4.00. The lowest BCUT2D eigenvalue weighted by molar-refractivity contribution is 0.0844. The minimum Gasteiger partial charge on any atom is -0.399 e. The summed E-state index contributed by atoms with van der Waals surface area (Å²) in [5.74, 6) is -0.983. The monoisotopic (exact) mass is 183 g/mol. The molecular weight excluding hydrogens is 173 g/mol. The van der Waals surface area contributed by atoms with Crippen molar-refractivity contribution in [2.24, 2.45) is 0 Å². The molecule has 0 aliphatic rings. The summed E-state index contributed by atoms with van der Waals surface area (Å²) < 4.78 is 17.6. The number of methoxy groups -OCH3 is 1. The topological polar surface area (TPSA) is 52.3 Å². The van der Waals surface area contributed by atoms with Crippen LogP contribution in [0.1, 0.15) is 10.4 Å².